The maximum Gasteiger partial charge on any atom is 0.378 e. The second-order valence-electron chi connectivity index (χ2n) is 2.87. The lowest BCUT2D eigenvalue weighted by Gasteiger charge is -1.96. The average molecular weight is 302 g/mol. The molecule has 0 aliphatic rings. The van der Waals surface area contributed by atoms with Crippen LogP contribution in [0.1, 0.15) is 17.5 Å². The maximum absolute atomic E-state index is 11.5. The summed E-state index contributed by atoms with van der Waals surface area (Å²) in [7, 11) is 0. The van der Waals surface area contributed by atoms with Gasteiger partial charge in [-0.1, -0.05) is 11.2 Å². The third kappa shape index (κ3) is 2.03. The summed E-state index contributed by atoms with van der Waals surface area (Å²) < 4.78 is 10.3. The molecule has 4 nitrogen and oxygen atoms in total. The van der Waals surface area contributed by atoms with Gasteiger partial charge in [-0.2, -0.15) is 0 Å². The summed E-state index contributed by atoms with van der Waals surface area (Å²) in [6.45, 7) is 2.04. The lowest BCUT2D eigenvalue weighted by Crippen LogP contribution is -2.03. The third-order valence-electron chi connectivity index (χ3n) is 1.85. The van der Waals surface area contributed by atoms with Crippen LogP contribution in [0.15, 0.2) is 26.5 Å². The van der Waals surface area contributed by atoms with Crippen LogP contribution in [0.3, 0.4) is 0 Å². The van der Waals surface area contributed by atoms with Crippen LogP contribution in [-0.4, -0.2) is 17.7 Å². The molecule has 2 aromatic heterocycles. The van der Waals surface area contributed by atoms with Crippen molar-refractivity contribution in [3.05, 3.63) is 27.7 Å². The largest absolute Gasteiger partial charge is 0.460 e. The van der Waals surface area contributed by atoms with Crippen molar-refractivity contribution in [3.63, 3.8) is 0 Å². The Balaban J connectivity index is 2.35. The molecule has 6 heteroatoms. The molecule has 0 saturated carbocycles. The molecule has 0 aromatic carbocycles. The molecule has 0 radical (unpaired) electrons. The predicted octanol–water partition coefficient (Wildman–Crippen LogP) is 3.34. The number of carbonyl (C=O) groups is 1. The van der Waals surface area contributed by atoms with Gasteiger partial charge >= 0.3 is 5.97 Å². The highest BCUT2D eigenvalue weighted by molar-refractivity contribution is 9.10. The summed E-state index contributed by atoms with van der Waals surface area (Å²) >= 11 is 4.82. The van der Waals surface area contributed by atoms with E-state index in [-0.39, 0.29) is 5.76 Å². The van der Waals surface area contributed by atoms with Crippen molar-refractivity contribution >= 4 is 33.2 Å². The summed E-state index contributed by atoms with van der Waals surface area (Å²) in [6, 6.07) is 3.81. The number of carbonyl (C=O) groups excluding carboxylic acids is 1. The van der Waals surface area contributed by atoms with Crippen molar-refractivity contribution in [3.8, 4) is 10.6 Å². The molecule has 0 spiro atoms. The van der Waals surface area contributed by atoms with Crippen LogP contribution in [0.4, 0.5) is 0 Å². The number of halogens is 1. The lowest BCUT2D eigenvalue weighted by molar-refractivity contribution is 0.0478. The second-order valence-corrected chi connectivity index (χ2v) is 4.61. The SMILES string of the molecule is CCOC(=O)c1onc(-c2cccs2)c1Br. The van der Waals surface area contributed by atoms with Crippen molar-refractivity contribution in [2.75, 3.05) is 6.61 Å². The van der Waals surface area contributed by atoms with E-state index in [1.807, 2.05) is 17.5 Å². The molecule has 16 heavy (non-hydrogen) atoms. The van der Waals surface area contributed by atoms with Crippen molar-refractivity contribution in [2.24, 2.45) is 0 Å². The summed E-state index contributed by atoms with van der Waals surface area (Å²) in [6.07, 6.45) is 0. The van der Waals surface area contributed by atoms with Crippen LogP contribution < -0.4 is 0 Å². The van der Waals surface area contributed by atoms with Gasteiger partial charge in [0.25, 0.3) is 5.76 Å². The van der Waals surface area contributed by atoms with Gasteiger partial charge < -0.3 is 9.26 Å². The highest BCUT2D eigenvalue weighted by atomic mass is 79.9. The van der Waals surface area contributed by atoms with Crippen molar-refractivity contribution in [1.29, 1.82) is 0 Å². The maximum atomic E-state index is 11.5. The fourth-order valence-electron chi connectivity index (χ4n) is 1.17. The van der Waals surface area contributed by atoms with Crippen LogP contribution in [0.25, 0.3) is 10.6 Å². The van der Waals surface area contributed by atoms with E-state index in [9.17, 15) is 4.79 Å². The van der Waals surface area contributed by atoms with E-state index in [0.717, 1.165) is 4.88 Å². The molecule has 2 aromatic rings. The lowest BCUT2D eigenvalue weighted by atomic mass is 10.3. The average Bonchev–Trinajstić information content (AvgIpc) is 2.86. The van der Waals surface area contributed by atoms with Crippen LogP contribution >= 0.6 is 27.3 Å². The molecule has 0 amide bonds. The molecule has 0 fully saturated rings. The zero-order chi connectivity index (χ0) is 11.5. The van der Waals surface area contributed by atoms with E-state index in [1.165, 1.54) is 11.3 Å². The topological polar surface area (TPSA) is 52.3 Å². The van der Waals surface area contributed by atoms with Gasteiger partial charge in [0.2, 0.25) is 0 Å². The number of hydrogen-bond acceptors (Lipinski definition) is 5. The zero-order valence-electron chi connectivity index (χ0n) is 8.40. The van der Waals surface area contributed by atoms with E-state index in [2.05, 4.69) is 21.1 Å². The number of esters is 1. The number of rotatable bonds is 3. The molecule has 0 atom stereocenters. The van der Waals surface area contributed by atoms with Gasteiger partial charge in [-0.05, 0) is 34.3 Å². The van der Waals surface area contributed by atoms with Gasteiger partial charge in [0.15, 0.2) is 0 Å². The Morgan fingerprint density at radius 2 is 2.50 bits per heavy atom. The fourth-order valence-corrected chi connectivity index (χ4v) is 2.53. The van der Waals surface area contributed by atoms with Gasteiger partial charge in [0, 0.05) is 0 Å². The minimum Gasteiger partial charge on any atom is -0.460 e. The number of hydrogen-bond donors (Lipinski definition) is 0. The molecular formula is C10H8BrNO3S. The molecular weight excluding hydrogens is 294 g/mol. The number of nitrogens with zero attached hydrogens (tertiary/aromatic N) is 1. The Morgan fingerprint density at radius 1 is 1.69 bits per heavy atom. The monoisotopic (exact) mass is 301 g/mol. The first-order chi connectivity index (χ1) is 7.74. The quantitative estimate of drug-likeness (QED) is 0.816. The first-order valence-electron chi connectivity index (χ1n) is 4.60. The van der Waals surface area contributed by atoms with Gasteiger partial charge in [-0.3, -0.25) is 0 Å². The summed E-state index contributed by atoms with van der Waals surface area (Å²) in [4.78, 5) is 12.4. The van der Waals surface area contributed by atoms with E-state index < -0.39 is 5.97 Å². The molecule has 84 valence electrons. The van der Waals surface area contributed by atoms with E-state index in [4.69, 9.17) is 9.26 Å². The molecule has 0 saturated heterocycles. The highest BCUT2D eigenvalue weighted by Gasteiger charge is 2.22. The highest BCUT2D eigenvalue weighted by Crippen LogP contribution is 2.33. The number of ether oxygens (including phenoxy) is 1. The number of thiophene rings is 1. The van der Waals surface area contributed by atoms with Crippen LogP contribution in [0.5, 0.6) is 0 Å². The summed E-state index contributed by atoms with van der Waals surface area (Å²) in [5.41, 5.74) is 0.623. The zero-order valence-corrected chi connectivity index (χ0v) is 10.8. The van der Waals surface area contributed by atoms with E-state index >= 15 is 0 Å². The minimum absolute atomic E-state index is 0.102. The van der Waals surface area contributed by atoms with Crippen LogP contribution in [0, 0.1) is 0 Å². The van der Waals surface area contributed by atoms with Crippen molar-refractivity contribution < 1.29 is 14.1 Å². The molecule has 2 rings (SSSR count). The Hall–Kier alpha value is -1.14. The van der Waals surface area contributed by atoms with Gasteiger partial charge in [-0.15, -0.1) is 11.3 Å². The van der Waals surface area contributed by atoms with Crippen LogP contribution in [-0.2, 0) is 4.74 Å². The van der Waals surface area contributed by atoms with Gasteiger partial charge in [0.1, 0.15) is 10.2 Å². The Morgan fingerprint density at radius 3 is 3.12 bits per heavy atom. The standard InChI is InChI=1S/C10H8BrNO3S/c1-2-14-10(13)9-7(11)8(12-15-9)6-4-3-5-16-6/h3-5H,2H2,1H3. The van der Waals surface area contributed by atoms with E-state index in [1.54, 1.807) is 6.92 Å². The van der Waals surface area contributed by atoms with Crippen LogP contribution in [0.2, 0.25) is 0 Å². The molecule has 2 heterocycles. The van der Waals surface area contributed by atoms with Crippen molar-refractivity contribution in [1.82, 2.24) is 5.16 Å². The number of aromatic nitrogens is 1. The first-order valence-corrected chi connectivity index (χ1v) is 6.27. The third-order valence-corrected chi connectivity index (χ3v) is 3.46. The molecule has 0 aliphatic heterocycles. The van der Waals surface area contributed by atoms with Crippen molar-refractivity contribution in [2.45, 2.75) is 6.92 Å². The first kappa shape index (κ1) is 11.3. The summed E-state index contributed by atoms with van der Waals surface area (Å²) in [5, 5.41) is 5.78. The predicted molar refractivity (Wildman–Crippen MR) is 63.5 cm³/mol. The minimum atomic E-state index is -0.510. The second kappa shape index (κ2) is 4.80. The van der Waals surface area contributed by atoms with Gasteiger partial charge in [-0.25, -0.2) is 4.79 Å². The normalized spacial score (nSPS) is 10.4. The summed E-state index contributed by atoms with van der Waals surface area (Å²) in [5.74, 6) is -0.407. The van der Waals surface area contributed by atoms with Gasteiger partial charge in [0.05, 0.1) is 11.5 Å². The molecule has 0 N–H and O–H groups in total. The Kier molecular flexibility index (Phi) is 3.40. The Labute approximate surface area is 104 Å². The molecule has 0 aliphatic carbocycles. The Bertz CT molecular complexity index is 492. The smallest absolute Gasteiger partial charge is 0.378 e. The molecule has 0 unspecified atom stereocenters. The van der Waals surface area contributed by atoms with E-state index in [0.29, 0.717) is 16.8 Å². The molecule has 0 bridgehead atoms. The fraction of sp³-hybridized carbons (Fsp3) is 0.200.